The number of nitrogens with one attached hydrogen (secondary N) is 1. The molecule has 0 fully saturated rings. The van der Waals surface area contributed by atoms with Gasteiger partial charge in [0.2, 0.25) is 0 Å². The standard InChI is InChI=1S/C18H18N2O/c1-4-5-14-11(2)18-16(8-12(14)10-19)15-9-13(21)6-7-17(15)20(18)3/h4-10,19,21H,1-3H3/b5-4-,19-10?. The van der Waals surface area contributed by atoms with Crippen LogP contribution in [0.5, 0.6) is 5.75 Å². The van der Waals surface area contributed by atoms with Gasteiger partial charge in [0.05, 0.1) is 5.52 Å². The van der Waals surface area contributed by atoms with Gasteiger partial charge < -0.3 is 15.1 Å². The molecule has 0 saturated heterocycles. The number of allylic oxidation sites excluding steroid dienone is 1. The number of hydrogen-bond donors (Lipinski definition) is 2. The Morgan fingerprint density at radius 3 is 2.62 bits per heavy atom. The van der Waals surface area contributed by atoms with Crippen LogP contribution in [0, 0.1) is 12.3 Å². The van der Waals surface area contributed by atoms with Crippen molar-refractivity contribution in [2.75, 3.05) is 0 Å². The molecular formula is C18H18N2O. The molecule has 1 aromatic heterocycles. The van der Waals surface area contributed by atoms with Crippen LogP contribution in [-0.2, 0) is 7.05 Å². The Hall–Kier alpha value is -2.55. The molecular weight excluding hydrogens is 260 g/mol. The number of aromatic hydroxyl groups is 1. The zero-order chi connectivity index (χ0) is 15.1. The van der Waals surface area contributed by atoms with Crippen LogP contribution in [0.4, 0.5) is 0 Å². The Labute approximate surface area is 123 Å². The molecule has 0 atom stereocenters. The number of aryl methyl sites for hydroxylation is 2. The monoisotopic (exact) mass is 278 g/mol. The molecule has 0 bridgehead atoms. The van der Waals surface area contributed by atoms with Crippen LogP contribution in [0.2, 0.25) is 0 Å². The van der Waals surface area contributed by atoms with Crippen molar-refractivity contribution in [2.24, 2.45) is 7.05 Å². The summed E-state index contributed by atoms with van der Waals surface area (Å²) in [5, 5.41) is 19.5. The summed E-state index contributed by atoms with van der Waals surface area (Å²) in [4.78, 5) is 0. The zero-order valence-electron chi connectivity index (χ0n) is 12.4. The molecule has 1 heterocycles. The molecule has 0 radical (unpaired) electrons. The highest BCUT2D eigenvalue weighted by Gasteiger charge is 2.15. The number of nitrogens with zero attached hydrogens (tertiary/aromatic N) is 1. The molecule has 0 aliphatic heterocycles. The van der Waals surface area contributed by atoms with E-state index in [0.717, 1.165) is 38.5 Å². The summed E-state index contributed by atoms with van der Waals surface area (Å²) < 4.78 is 2.15. The summed E-state index contributed by atoms with van der Waals surface area (Å²) in [6.07, 6.45) is 5.43. The van der Waals surface area contributed by atoms with Gasteiger partial charge in [-0.3, -0.25) is 0 Å². The lowest BCUT2D eigenvalue weighted by Crippen LogP contribution is -1.95. The molecule has 0 amide bonds. The van der Waals surface area contributed by atoms with Gasteiger partial charge in [-0.2, -0.15) is 0 Å². The summed E-state index contributed by atoms with van der Waals surface area (Å²) in [6, 6.07) is 7.47. The highest BCUT2D eigenvalue weighted by atomic mass is 16.3. The second-order valence-corrected chi connectivity index (χ2v) is 5.31. The minimum atomic E-state index is 0.265. The number of benzene rings is 2. The van der Waals surface area contributed by atoms with E-state index >= 15 is 0 Å². The third kappa shape index (κ3) is 1.85. The van der Waals surface area contributed by atoms with Gasteiger partial charge in [0.15, 0.2) is 0 Å². The SMILES string of the molecule is C/C=C\c1c(C=N)cc2c3cc(O)ccc3n(C)c2c1C. The third-order valence-corrected chi connectivity index (χ3v) is 4.08. The van der Waals surface area contributed by atoms with Crippen molar-refractivity contribution in [3.63, 3.8) is 0 Å². The Kier molecular flexibility index (Phi) is 3.05. The first kappa shape index (κ1) is 13.4. The molecule has 0 aliphatic rings. The molecule has 3 nitrogen and oxygen atoms in total. The molecule has 3 rings (SSSR count). The van der Waals surface area contributed by atoms with Gasteiger partial charge in [-0.25, -0.2) is 0 Å². The van der Waals surface area contributed by atoms with E-state index in [0.29, 0.717) is 0 Å². The lowest BCUT2D eigenvalue weighted by molar-refractivity contribution is 0.476. The Morgan fingerprint density at radius 1 is 1.19 bits per heavy atom. The first-order valence-corrected chi connectivity index (χ1v) is 6.96. The first-order chi connectivity index (χ1) is 10.1. The van der Waals surface area contributed by atoms with Crippen LogP contribution in [0.1, 0.15) is 23.6 Å². The summed E-state index contributed by atoms with van der Waals surface area (Å²) in [5.74, 6) is 0.265. The lowest BCUT2D eigenvalue weighted by atomic mass is 9.97. The van der Waals surface area contributed by atoms with Crippen LogP contribution in [0.15, 0.2) is 30.3 Å². The number of fused-ring (bicyclic) bond motifs is 3. The van der Waals surface area contributed by atoms with E-state index in [1.807, 2.05) is 38.3 Å². The maximum atomic E-state index is 9.77. The fourth-order valence-electron chi connectivity index (χ4n) is 3.15. The average Bonchev–Trinajstić information content (AvgIpc) is 2.74. The number of rotatable bonds is 2. The molecule has 2 N–H and O–H groups in total. The van der Waals surface area contributed by atoms with Crippen LogP contribution in [0.25, 0.3) is 27.9 Å². The van der Waals surface area contributed by atoms with Crippen molar-refractivity contribution in [2.45, 2.75) is 13.8 Å². The van der Waals surface area contributed by atoms with Crippen LogP contribution >= 0.6 is 0 Å². The molecule has 0 aliphatic carbocycles. The summed E-state index contributed by atoms with van der Waals surface area (Å²) in [7, 11) is 2.04. The molecule has 3 aromatic rings. The second-order valence-electron chi connectivity index (χ2n) is 5.31. The maximum Gasteiger partial charge on any atom is 0.116 e. The van der Waals surface area contributed by atoms with Gasteiger partial charge in [0.1, 0.15) is 5.75 Å². The van der Waals surface area contributed by atoms with Crippen LogP contribution in [0.3, 0.4) is 0 Å². The smallest absolute Gasteiger partial charge is 0.116 e. The molecule has 0 saturated carbocycles. The van der Waals surface area contributed by atoms with Crippen molar-refractivity contribution in [1.29, 1.82) is 5.41 Å². The summed E-state index contributed by atoms with van der Waals surface area (Å²) in [6.45, 7) is 4.07. The van der Waals surface area contributed by atoms with Crippen molar-refractivity contribution in [3.8, 4) is 5.75 Å². The van der Waals surface area contributed by atoms with Gasteiger partial charge in [-0.05, 0) is 49.2 Å². The molecule has 3 heteroatoms. The highest BCUT2D eigenvalue weighted by molar-refractivity contribution is 6.12. The number of phenolic OH excluding ortho intramolecular Hbond substituents is 1. The lowest BCUT2D eigenvalue weighted by Gasteiger charge is -2.09. The van der Waals surface area contributed by atoms with E-state index in [9.17, 15) is 5.11 Å². The van der Waals surface area contributed by atoms with Crippen LogP contribution < -0.4 is 0 Å². The number of hydrogen-bond acceptors (Lipinski definition) is 2. The normalized spacial score (nSPS) is 11.8. The Bertz CT molecular complexity index is 901. The van der Waals surface area contributed by atoms with E-state index in [2.05, 4.69) is 11.5 Å². The minimum absolute atomic E-state index is 0.265. The van der Waals surface area contributed by atoms with Gasteiger partial charge in [-0.1, -0.05) is 12.2 Å². The summed E-state index contributed by atoms with van der Waals surface area (Å²) >= 11 is 0. The number of aromatic nitrogens is 1. The topological polar surface area (TPSA) is 49.0 Å². The Morgan fingerprint density at radius 2 is 1.95 bits per heavy atom. The fraction of sp³-hybridized carbons (Fsp3) is 0.167. The molecule has 106 valence electrons. The molecule has 0 unspecified atom stereocenters. The predicted molar refractivity (Wildman–Crippen MR) is 89.4 cm³/mol. The zero-order valence-corrected chi connectivity index (χ0v) is 12.4. The largest absolute Gasteiger partial charge is 0.508 e. The first-order valence-electron chi connectivity index (χ1n) is 6.96. The van der Waals surface area contributed by atoms with Gasteiger partial charge >= 0.3 is 0 Å². The van der Waals surface area contributed by atoms with E-state index < -0.39 is 0 Å². The molecule has 21 heavy (non-hydrogen) atoms. The molecule has 0 spiro atoms. The quantitative estimate of drug-likeness (QED) is 0.672. The van der Waals surface area contributed by atoms with E-state index in [-0.39, 0.29) is 5.75 Å². The van der Waals surface area contributed by atoms with E-state index in [4.69, 9.17) is 5.41 Å². The number of phenols is 1. The maximum absolute atomic E-state index is 9.77. The fourth-order valence-corrected chi connectivity index (χ4v) is 3.15. The average molecular weight is 278 g/mol. The predicted octanol–water partition coefficient (Wildman–Crippen LogP) is 4.38. The van der Waals surface area contributed by atoms with Crippen LogP contribution in [-0.4, -0.2) is 15.9 Å². The van der Waals surface area contributed by atoms with E-state index in [1.165, 1.54) is 6.21 Å². The van der Waals surface area contributed by atoms with Gasteiger partial charge in [-0.15, -0.1) is 0 Å². The summed E-state index contributed by atoms with van der Waals surface area (Å²) in [5.41, 5.74) is 5.36. The van der Waals surface area contributed by atoms with Crippen molar-refractivity contribution >= 4 is 34.1 Å². The van der Waals surface area contributed by atoms with Crippen molar-refractivity contribution in [3.05, 3.63) is 47.0 Å². The second kappa shape index (κ2) is 4.77. The van der Waals surface area contributed by atoms with Crippen molar-refractivity contribution < 1.29 is 5.11 Å². The Balaban J connectivity index is 2.58. The van der Waals surface area contributed by atoms with Gasteiger partial charge in [0.25, 0.3) is 0 Å². The minimum Gasteiger partial charge on any atom is -0.508 e. The van der Waals surface area contributed by atoms with Crippen molar-refractivity contribution in [1.82, 2.24) is 4.57 Å². The third-order valence-electron chi connectivity index (χ3n) is 4.08. The van der Waals surface area contributed by atoms with Gasteiger partial charge in [0, 0.05) is 35.1 Å². The van der Waals surface area contributed by atoms with E-state index in [1.54, 1.807) is 12.1 Å². The highest BCUT2D eigenvalue weighted by Crippen LogP contribution is 2.35. The molecule has 2 aromatic carbocycles.